The van der Waals surface area contributed by atoms with Crippen molar-refractivity contribution < 1.29 is 18.8 Å². The summed E-state index contributed by atoms with van der Waals surface area (Å²) < 4.78 is 5.88. The molecule has 7 heteroatoms. The normalized spacial score (nSPS) is 15.1. The third kappa shape index (κ3) is 4.43. The fourth-order valence-corrected chi connectivity index (χ4v) is 3.74. The summed E-state index contributed by atoms with van der Waals surface area (Å²) in [7, 11) is 0. The number of hydrogen-bond donors (Lipinski definition) is 1. The first-order valence-electron chi connectivity index (χ1n) is 10.6. The molecule has 1 aromatic heterocycles. The van der Waals surface area contributed by atoms with Crippen LogP contribution in [0.4, 0.5) is 0 Å². The molecule has 0 bridgehead atoms. The van der Waals surface area contributed by atoms with Gasteiger partial charge in [-0.2, -0.15) is 5.26 Å². The van der Waals surface area contributed by atoms with Crippen LogP contribution in [0.2, 0.25) is 0 Å². The second-order valence-corrected chi connectivity index (χ2v) is 7.81. The lowest BCUT2D eigenvalue weighted by Crippen LogP contribution is -2.43. The summed E-state index contributed by atoms with van der Waals surface area (Å²) in [6.07, 6.45) is 2.02. The number of furan rings is 1. The van der Waals surface area contributed by atoms with Gasteiger partial charge in [0.25, 0.3) is 11.8 Å². The number of nitrogens with zero attached hydrogens (tertiary/aromatic N) is 2. The second-order valence-electron chi connectivity index (χ2n) is 7.81. The van der Waals surface area contributed by atoms with E-state index in [2.05, 4.69) is 0 Å². The third-order valence-electron chi connectivity index (χ3n) is 5.66. The van der Waals surface area contributed by atoms with Crippen LogP contribution in [0.5, 0.6) is 0 Å². The Balaban J connectivity index is 1.63. The van der Waals surface area contributed by atoms with Crippen LogP contribution in [0.1, 0.15) is 28.6 Å². The summed E-state index contributed by atoms with van der Waals surface area (Å²) in [6.45, 7) is 1.74. The Kier molecular flexibility index (Phi) is 6.24. The molecule has 7 nitrogen and oxygen atoms in total. The van der Waals surface area contributed by atoms with Gasteiger partial charge in [-0.1, -0.05) is 42.5 Å². The van der Waals surface area contributed by atoms with Gasteiger partial charge in [0.1, 0.15) is 23.2 Å². The van der Waals surface area contributed by atoms with Gasteiger partial charge >= 0.3 is 0 Å². The quantitative estimate of drug-likeness (QED) is 0.451. The highest BCUT2D eigenvalue weighted by Crippen LogP contribution is 2.29. The van der Waals surface area contributed by atoms with E-state index in [-0.39, 0.29) is 17.7 Å². The fourth-order valence-electron chi connectivity index (χ4n) is 3.74. The molecule has 1 aliphatic heterocycles. The molecule has 0 atom stereocenters. The largest absolute Gasteiger partial charge is 0.457 e. The van der Waals surface area contributed by atoms with Crippen LogP contribution in [0.3, 0.4) is 0 Å². The van der Waals surface area contributed by atoms with Crippen molar-refractivity contribution in [2.75, 3.05) is 6.54 Å². The van der Waals surface area contributed by atoms with E-state index < -0.39 is 17.7 Å². The first kappa shape index (κ1) is 22.5. The van der Waals surface area contributed by atoms with Crippen molar-refractivity contribution in [2.24, 2.45) is 5.73 Å². The zero-order chi connectivity index (χ0) is 24.2. The van der Waals surface area contributed by atoms with Crippen molar-refractivity contribution in [2.45, 2.75) is 13.3 Å². The summed E-state index contributed by atoms with van der Waals surface area (Å²) in [6, 6.07) is 21.5. The lowest BCUT2D eigenvalue weighted by atomic mass is 9.94. The third-order valence-corrected chi connectivity index (χ3v) is 5.66. The van der Waals surface area contributed by atoms with E-state index in [9.17, 15) is 19.6 Å². The number of amides is 3. The number of nitrogens with two attached hydrogens (primary N) is 1. The van der Waals surface area contributed by atoms with Crippen LogP contribution in [0.15, 0.2) is 87.9 Å². The monoisotopic (exact) mass is 451 g/mol. The summed E-state index contributed by atoms with van der Waals surface area (Å²) in [5.74, 6) is -0.653. The van der Waals surface area contributed by atoms with Gasteiger partial charge < -0.3 is 10.2 Å². The standard InChI is InChI=1S/C27H21N3O4/c1-17-22(15-21-11-12-24(34-21)19-7-9-20(10-8-19)25(29)31)26(32)30(27(33)23(17)16-28)14-13-18-5-3-2-4-6-18/h2-12,15H,13-14H2,1H3,(H2,29,31)/b22-15-. The number of rotatable bonds is 6. The number of carbonyl (C=O) groups is 3. The zero-order valence-electron chi connectivity index (χ0n) is 18.4. The first-order valence-corrected chi connectivity index (χ1v) is 10.6. The smallest absolute Gasteiger partial charge is 0.271 e. The van der Waals surface area contributed by atoms with Gasteiger partial charge in [0.2, 0.25) is 5.91 Å². The van der Waals surface area contributed by atoms with Gasteiger partial charge in [-0.05, 0) is 54.8 Å². The summed E-state index contributed by atoms with van der Waals surface area (Å²) >= 11 is 0. The summed E-state index contributed by atoms with van der Waals surface area (Å²) in [5, 5.41) is 9.57. The summed E-state index contributed by atoms with van der Waals surface area (Å²) in [4.78, 5) is 38.4. The van der Waals surface area contributed by atoms with Crippen molar-refractivity contribution in [3.05, 3.63) is 100 Å². The molecule has 0 radical (unpaired) electrons. The van der Waals surface area contributed by atoms with Crippen molar-refractivity contribution in [1.82, 2.24) is 4.90 Å². The molecular weight excluding hydrogens is 430 g/mol. The van der Waals surface area contributed by atoms with Gasteiger partial charge in [0.05, 0.1) is 0 Å². The average molecular weight is 451 g/mol. The van der Waals surface area contributed by atoms with Gasteiger partial charge in [0, 0.05) is 23.2 Å². The number of carbonyl (C=O) groups excluding carboxylic acids is 3. The first-order chi connectivity index (χ1) is 16.4. The van der Waals surface area contributed by atoms with Crippen LogP contribution in [-0.2, 0) is 16.0 Å². The van der Waals surface area contributed by atoms with Crippen LogP contribution in [0.25, 0.3) is 17.4 Å². The predicted octanol–water partition coefficient (Wildman–Crippen LogP) is 3.88. The molecule has 0 unspecified atom stereocenters. The molecule has 34 heavy (non-hydrogen) atoms. The molecule has 3 aromatic rings. The van der Waals surface area contributed by atoms with E-state index in [0.717, 1.165) is 16.0 Å². The summed E-state index contributed by atoms with van der Waals surface area (Å²) in [5.41, 5.74) is 7.86. The van der Waals surface area contributed by atoms with E-state index in [4.69, 9.17) is 10.2 Å². The molecule has 2 heterocycles. The number of benzene rings is 2. The van der Waals surface area contributed by atoms with Gasteiger partial charge in [-0.25, -0.2) is 0 Å². The highest BCUT2D eigenvalue weighted by molar-refractivity contribution is 6.19. The molecule has 2 aromatic carbocycles. The molecule has 2 N–H and O–H groups in total. The zero-order valence-corrected chi connectivity index (χ0v) is 18.4. The molecular formula is C27H21N3O4. The van der Waals surface area contributed by atoms with Crippen LogP contribution in [0, 0.1) is 11.3 Å². The predicted molar refractivity (Wildman–Crippen MR) is 126 cm³/mol. The molecule has 168 valence electrons. The van der Waals surface area contributed by atoms with Crippen LogP contribution in [-0.4, -0.2) is 29.2 Å². The van der Waals surface area contributed by atoms with E-state index in [0.29, 0.717) is 29.1 Å². The molecule has 0 spiro atoms. The molecule has 4 rings (SSSR count). The highest BCUT2D eigenvalue weighted by atomic mass is 16.3. The maximum Gasteiger partial charge on any atom is 0.271 e. The number of imide groups is 1. The molecule has 0 fully saturated rings. The lowest BCUT2D eigenvalue weighted by molar-refractivity contribution is -0.140. The minimum atomic E-state index is -0.590. The number of nitriles is 1. The maximum atomic E-state index is 13.2. The van der Waals surface area contributed by atoms with Crippen LogP contribution >= 0.6 is 0 Å². The Hall–Kier alpha value is -4.70. The van der Waals surface area contributed by atoms with E-state index >= 15 is 0 Å². The van der Waals surface area contributed by atoms with Crippen LogP contribution < -0.4 is 5.73 Å². The Labute approximate surface area is 196 Å². The van der Waals surface area contributed by atoms with E-state index in [1.807, 2.05) is 36.4 Å². The molecule has 0 saturated heterocycles. The average Bonchev–Trinajstić information content (AvgIpc) is 3.31. The second kappa shape index (κ2) is 9.43. The SMILES string of the molecule is CC1=C(C#N)C(=O)N(CCc2ccccc2)C(=O)/C1=C\c1ccc(-c2ccc(C(N)=O)cc2)o1. The van der Waals surface area contributed by atoms with E-state index in [1.54, 1.807) is 43.3 Å². The molecule has 3 amide bonds. The minimum Gasteiger partial charge on any atom is -0.457 e. The Bertz CT molecular complexity index is 1370. The lowest BCUT2D eigenvalue weighted by Gasteiger charge is -2.27. The Morgan fingerprint density at radius 1 is 1.03 bits per heavy atom. The molecule has 1 aliphatic rings. The van der Waals surface area contributed by atoms with Crippen molar-refractivity contribution in [1.29, 1.82) is 5.26 Å². The Morgan fingerprint density at radius 3 is 2.38 bits per heavy atom. The van der Waals surface area contributed by atoms with Crippen molar-refractivity contribution in [3.63, 3.8) is 0 Å². The number of hydrogen-bond acceptors (Lipinski definition) is 5. The minimum absolute atomic E-state index is 0.0623. The fraction of sp³-hybridized carbons (Fsp3) is 0.111. The maximum absolute atomic E-state index is 13.2. The van der Waals surface area contributed by atoms with E-state index in [1.165, 1.54) is 6.08 Å². The van der Waals surface area contributed by atoms with Gasteiger partial charge in [-0.3, -0.25) is 19.3 Å². The Morgan fingerprint density at radius 2 is 1.74 bits per heavy atom. The van der Waals surface area contributed by atoms with Crippen molar-refractivity contribution >= 4 is 23.8 Å². The topological polar surface area (TPSA) is 117 Å². The highest BCUT2D eigenvalue weighted by Gasteiger charge is 2.35. The van der Waals surface area contributed by atoms with Gasteiger partial charge in [-0.15, -0.1) is 0 Å². The molecule has 0 aliphatic carbocycles. The number of primary amides is 1. The van der Waals surface area contributed by atoms with Crippen molar-refractivity contribution in [3.8, 4) is 17.4 Å². The molecule has 0 saturated carbocycles. The van der Waals surface area contributed by atoms with Gasteiger partial charge in [0.15, 0.2) is 0 Å².